The molecule has 0 atom stereocenters. The number of aliphatic imine (C=N–C) groups is 1. The molecule has 132 valence electrons. The van der Waals surface area contributed by atoms with Gasteiger partial charge >= 0.3 is 0 Å². The summed E-state index contributed by atoms with van der Waals surface area (Å²) < 4.78 is 6.28. The molecule has 0 N–H and O–H groups in total. The summed E-state index contributed by atoms with van der Waals surface area (Å²) in [5, 5.41) is 2.39. The highest BCUT2D eigenvalue weighted by atomic mass is 79.9. The molecule has 0 saturated carbocycles. The van der Waals surface area contributed by atoms with Crippen LogP contribution in [0.25, 0.3) is 21.9 Å². The predicted octanol–water partition coefficient (Wildman–Crippen LogP) is 7.03. The standard InChI is InChI=1S/C24H18BrNO/c1-27-21-12-10-20(11-13-21)26-16-24-22-8-3-2-5-17(22)9-14-23(24)18-6-4-7-19(25)15-18/h2-16H,1H3. The highest BCUT2D eigenvalue weighted by molar-refractivity contribution is 9.10. The van der Waals surface area contributed by atoms with Crippen molar-refractivity contribution >= 4 is 38.6 Å². The first-order valence-electron chi connectivity index (χ1n) is 8.70. The molecule has 0 unspecified atom stereocenters. The average Bonchev–Trinajstić information content (AvgIpc) is 2.72. The molecular weight excluding hydrogens is 398 g/mol. The van der Waals surface area contributed by atoms with E-state index in [1.165, 1.54) is 10.8 Å². The lowest BCUT2D eigenvalue weighted by Gasteiger charge is -2.11. The van der Waals surface area contributed by atoms with Gasteiger partial charge in [-0.2, -0.15) is 0 Å². The molecule has 3 heteroatoms. The molecule has 0 aliphatic rings. The summed E-state index contributed by atoms with van der Waals surface area (Å²) in [7, 11) is 1.67. The van der Waals surface area contributed by atoms with Crippen molar-refractivity contribution in [3.8, 4) is 16.9 Å². The predicted molar refractivity (Wildman–Crippen MR) is 117 cm³/mol. The number of ether oxygens (including phenoxy) is 1. The van der Waals surface area contributed by atoms with Crippen LogP contribution < -0.4 is 4.74 Å². The fraction of sp³-hybridized carbons (Fsp3) is 0.0417. The summed E-state index contributed by atoms with van der Waals surface area (Å²) in [5.41, 5.74) is 4.32. The Bertz CT molecular complexity index is 1120. The van der Waals surface area contributed by atoms with E-state index < -0.39 is 0 Å². The monoisotopic (exact) mass is 415 g/mol. The molecule has 0 aliphatic heterocycles. The Balaban J connectivity index is 1.85. The topological polar surface area (TPSA) is 21.6 Å². The maximum Gasteiger partial charge on any atom is 0.119 e. The smallest absolute Gasteiger partial charge is 0.119 e. The van der Waals surface area contributed by atoms with Crippen LogP contribution in [0.5, 0.6) is 5.75 Å². The van der Waals surface area contributed by atoms with E-state index in [4.69, 9.17) is 9.73 Å². The number of halogens is 1. The molecule has 4 aromatic carbocycles. The molecule has 0 amide bonds. The molecular formula is C24H18BrNO. The Morgan fingerprint density at radius 2 is 1.67 bits per heavy atom. The lowest BCUT2D eigenvalue weighted by molar-refractivity contribution is 0.415. The second-order valence-corrected chi connectivity index (χ2v) is 7.13. The summed E-state index contributed by atoms with van der Waals surface area (Å²) in [6, 6.07) is 28.8. The number of hydrogen-bond donors (Lipinski definition) is 0. The first-order valence-corrected chi connectivity index (χ1v) is 9.50. The minimum atomic E-state index is 0.828. The van der Waals surface area contributed by atoms with Gasteiger partial charge in [-0.3, -0.25) is 4.99 Å². The summed E-state index contributed by atoms with van der Waals surface area (Å²) in [6.07, 6.45) is 1.96. The molecule has 0 saturated heterocycles. The number of methoxy groups -OCH3 is 1. The van der Waals surface area contributed by atoms with Gasteiger partial charge in [0.1, 0.15) is 5.75 Å². The fourth-order valence-corrected chi connectivity index (χ4v) is 3.55. The van der Waals surface area contributed by atoms with Crippen molar-refractivity contribution in [2.75, 3.05) is 7.11 Å². The van der Waals surface area contributed by atoms with Gasteiger partial charge in [-0.25, -0.2) is 0 Å². The van der Waals surface area contributed by atoms with Gasteiger partial charge in [0, 0.05) is 16.3 Å². The van der Waals surface area contributed by atoms with Crippen LogP contribution >= 0.6 is 15.9 Å². The van der Waals surface area contributed by atoms with E-state index in [9.17, 15) is 0 Å². The lowest BCUT2D eigenvalue weighted by atomic mass is 9.95. The Morgan fingerprint density at radius 3 is 2.44 bits per heavy atom. The zero-order valence-corrected chi connectivity index (χ0v) is 16.5. The second-order valence-electron chi connectivity index (χ2n) is 6.21. The molecule has 0 heterocycles. The van der Waals surface area contributed by atoms with Crippen molar-refractivity contribution in [2.24, 2.45) is 4.99 Å². The van der Waals surface area contributed by atoms with E-state index in [1.54, 1.807) is 7.11 Å². The van der Waals surface area contributed by atoms with Crippen LogP contribution in [0.1, 0.15) is 5.56 Å². The number of hydrogen-bond acceptors (Lipinski definition) is 2. The van der Waals surface area contributed by atoms with Gasteiger partial charge in [0.25, 0.3) is 0 Å². The normalized spacial score (nSPS) is 11.2. The molecule has 27 heavy (non-hydrogen) atoms. The van der Waals surface area contributed by atoms with Crippen LogP contribution in [0.2, 0.25) is 0 Å². The molecule has 4 rings (SSSR count). The summed E-state index contributed by atoms with van der Waals surface area (Å²) in [6.45, 7) is 0. The lowest BCUT2D eigenvalue weighted by Crippen LogP contribution is -1.91. The summed E-state index contributed by atoms with van der Waals surface area (Å²) in [4.78, 5) is 4.72. The van der Waals surface area contributed by atoms with Crippen molar-refractivity contribution in [1.29, 1.82) is 0 Å². The maximum absolute atomic E-state index is 5.22. The zero-order valence-electron chi connectivity index (χ0n) is 14.9. The Labute approximate surface area is 167 Å². The van der Waals surface area contributed by atoms with Gasteiger partial charge in [0.15, 0.2) is 0 Å². The van der Waals surface area contributed by atoms with Gasteiger partial charge < -0.3 is 4.74 Å². The molecule has 0 radical (unpaired) electrons. The van der Waals surface area contributed by atoms with E-state index in [1.807, 2.05) is 36.5 Å². The third-order valence-electron chi connectivity index (χ3n) is 4.52. The van der Waals surface area contributed by atoms with Crippen LogP contribution in [-0.4, -0.2) is 13.3 Å². The van der Waals surface area contributed by atoms with Crippen molar-refractivity contribution in [3.05, 3.63) is 95.0 Å². The third-order valence-corrected chi connectivity index (χ3v) is 5.01. The minimum Gasteiger partial charge on any atom is -0.497 e. The van der Waals surface area contributed by atoms with Gasteiger partial charge in [-0.05, 0) is 58.3 Å². The molecule has 0 spiro atoms. The van der Waals surface area contributed by atoms with E-state index in [0.29, 0.717) is 0 Å². The number of benzene rings is 4. The van der Waals surface area contributed by atoms with Gasteiger partial charge in [-0.15, -0.1) is 0 Å². The van der Waals surface area contributed by atoms with E-state index in [0.717, 1.165) is 32.6 Å². The second kappa shape index (κ2) is 7.77. The van der Waals surface area contributed by atoms with Gasteiger partial charge in [0.2, 0.25) is 0 Å². The molecule has 0 aliphatic carbocycles. The van der Waals surface area contributed by atoms with Crippen LogP contribution in [0.4, 0.5) is 5.69 Å². The Morgan fingerprint density at radius 1 is 0.852 bits per heavy atom. The van der Waals surface area contributed by atoms with Gasteiger partial charge in [-0.1, -0.05) is 64.5 Å². The van der Waals surface area contributed by atoms with Crippen molar-refractivity contribution in [2.45, 2.75) is 0 Å². The highest BCUT2D eigenvalue weighted by Gasteiger charge is 2.08. The Kier molecular flexibility index (Phi) is 5.03. The molecule has 0 fully saturated rings. The minimum absolute atomic E-state index is 0.828. The van der Waals surface area contributed by atoms with Crippen LogP contribution in [-0.2, 0) is 0 Å². The first kappa shape index (κ1) is 17.5. The Hall–Kier alpha value is -2.91. The molecule has 0 bridgehead atoms. The molecule has 2 nitrogen and oxygen atoms in total. The van der Waals surface area contributed by atoms with E-state index in [-0.39, 0.29) is 0 Å². The van der Waals surface area contributed by atoms with Gasteiger partial charge in [0.05, 0.1) is 12.8 Å². The maximum atomic E-state index is 5.22. The number of fused-ring (bicyclic) bond motifs is 1. The van der Waals surface area contributed by atoms with Crippen LogP contribution in [0.3, 0.4) is 0 Å². The average molecular weight is 416 g/mol. The molecule has 4 aromatic rings. The van der Waals surface area contributed by atoms with E-state index in [2.05, 4.69) is 70.5 Å². The van der Waals surface area contributed by atoms with Crippen molar-refractivity contribution < 1.29 is 4.74 Å². The van der Waals surface area contributed by atoms with Crippen molar-refractivity contribution in [1.82, 2.24) is 0 Å². The van der Waals surface area contributed by atoms with Crippen molar-refractivity contribution in [3.63, 3.8) is 0 Å². The summed E-state index contributed by atoms with van der Waals surface area (Å²) >= 11 is 3.58. The summed E-state index contributed by atoms with van der Waals surface area (Å²) in [5.74, 6) is 0.828. The number of nitrogens with zero attached hydrogens (tertiary/aromatic N) is 1. The zero-order chi connectivity index (χ0) is 18.6. The first-order chi connectivity index (χ1) is 13.2. The van der Waals surface area contributed by atoms with Crippen LogP contribution in [0, 0.1) is 0 Å². The quantitative estimate of drug-likeness (QED) is 0.327. The molecule has 0 aromatic heterocycles. The largest absolute Gasteiger partial charge is 0.497 e. The van der Waals surface area contributed by atoms with E-state index >= 15 is 0 Å². The fourth-order valence-electron chi connectivity index (χ4n) is 3.15. The SMILES string of the molecule is COc1ccc(N=Cc2c(-c3cccc(Br)c3)ccc3ccccc23)cc1. The third kappa shape index (κ3) is 3.79. The highest BCUT2D eigenvalue weighted by Crippen LogP contribution is 2.31. The number of rotatable bonds is 4. The van der Waals surface area contributed by atoms with Crippen LogP contribution in [0.15, 0.2) is 94.4 Å².